The summed E-state index contributed by atoms with van der Waals surface area (Å²) >= 11 is 10.3. The van der Waals surface area contributed by atoms with Crippen LogP contribution in [0.2, 0.25) is 0 Å². The van der Waals surface area contributed by atoms with Gasteiger partial charge < -0.3 is 9.72 Å². The number of ether oxygens (including phenoxy) is 1. The van der Waals surface area contributed by atoms with Crippen LogP contribution in [-0.4, -0.2) is 23.1 Å². The number of amides is 1. The molecule has 0 saturated heterocycles. The van der Waals surface area contributed by atoms with Crippen LogP contribution in [-0.2, 0) is 0 Å². The number of aromatic nitrogens is 1. The third-order valence-corrected chi connectivity index (χ3v) is 7.80. The Balaban J connectivity index is 1.46. The first-order valence-corrected chi connectivity index (χ1v) is 14.6. The van der Waals surface area contributed by atoms with Crippen molar-refractivity contribution in [2.24, 2.45) is 5.10 Å². The quantitative estimate of drug-likeness (QED) is 0.0796. The molecule has 0 spiro atoms. The van der Waals surface area contributed by atoms with Gasteiger partial charge in [0, 0.05) is 31.0 Å². The first-order chi connectivity index (χ1) is 19.2. The molecule has 1 aromatic heterocycles. The van der Waals surface area contributed by atoms with Gasteiger partial charge in [0.15, 0.2) is 5.75 Å². The third-order valence-electron chi connectivity index (χ3n) is 6.22. The monoisotopic (exact) mass is 721 g/mol. The normalized spacial score (nSPS) is 11.2. The Hall–Kier alpha value is -3.53. The molecule has 200 valence electrons. The predicted molar refractivity (Wildman–Crippen MR) is 169 cm³/mol. The summed E-state index contributed by atoms with van der Waals surface area (Å²) in [6.45, 7) is 4.05. The number of nitrogens with one attached hydrogen (secondary N) is 2. The minimum atomic E-state index is -0.523. The van der Waals surface area contributed by atoms with Crippen LogP contribution in [0.5, 0.6) is 5.75 Å². The summed E-state index contributed by atoms with van der Waals surface area (Å²) in [5.74, 6) is -0.646. The van der Waals surface area contributed by atoms with E-state index in [1.807, 2.05) is 44.2 Å². The molecule has 0 atom stereocenters. The third kappa shape index (κ3) is 5.96. The smallest absolute Gasteiger partial charge is 0.343 e. The molecule has 0 aliphatic carbocycles. The number of fused-ring (bicyclic) bond motifs is 1. The number of benzene rings is 4. The SMILES string of the molecule is Cc1cc(C)c2[nH]c(C(=O)NN=Cc3cc(Br)cc(Br)c3OC(=O)c3ccc(Br)cc3)c(-c3ccccc3)c2c1. The Kier molecular flexibility index (Phi) is 8.35. The molecular formula is C31H22Br3N3O3. The molecule has 5 rings (SSSR count). The van der Waals surface area contributed by atoms with Crippen LogP contribution in [0.1, 0.15) is 37.5 Å². The number of carbonyl (C=O) groups is 2. The zero-order chi connectivity index (χ0) is 28.4. The lowest BCUT2D eigenvalue weighted by molar-refractivity contribution is 0.0733. The Morgan fingerprint density at radius 1 is 0.900 bits per heavy atom. The first-order valence-electron chi connectivity index (χ1n) is 12.2. The molecule has 9 heteroatoms. The summed E-state index contributed by atoms with van der Waals surface area (Å²) in [5, 5.41) is 5.18. The number of nitrogens with zero attached hydrogens (tertiary/aromatic N) is 1. The molecule has 1 heterocycles. The van der Waals surface area contributed by atoms with Crippen LogP contribution in [0, 0.1) is 13.8 Å². The van der Waals surface area contributed by atoms with E-state index in [-0.39, 0.29) is 5.75 Å². The highest BCUT2D eigenvalue weighted by molar-refractivity contribution is 9.11. The van der Waals surface area contributed by atoms with Crippen molar-refractivity contribution in [2.75, 3.05) is 0 Å². The molecule has 0 radical (unpaired) electrons. The number of aromatic amines is 1. The molecule has 0 fully saturated rings. The number of hydrazone groups is 1. The standard InChI is InChI=1S/C31H22Br3N3O3/c1-17-12-18(2)27-24(13-17)26(19-6-4-3-5-7-19)28(36-27)30(38)37-35-16-21-14-23(33)15-25(34)29(21)40-31(39)20-8-10-22(32)11-9-20/h3-16,36H,1-2H3,(H,37,38). The van der Waals surface area contributed by atoms with E-state index in [4.69, 9.17) is 4.74 Å². The maximum atomic E-state index is 13.4. The average molecular weight is 724 g/mol. The lowest BCUT2D eigenvalue weighted by Crippen LogP contribution is -2.19. The Bertz CT molecular complexity index is 1780. The molecule has 40 heavy (non-hydrogen) atoms. The van der Waals surface area contributed by atoms with Gasteiger partial charge in [0.2, 0.25) is 0 Å². The van der Waals surface area contributed by atoms with Crippen LogP contribution in [0.15, 0.2) is 97.4 Å². The largest absolute Gasteiger partial charge is 0.421 e. The molecule has 0 unspecified atom stereocenters. The summed E-state index contributed by atoms with van der Waals surface area (Å²) in [5.41, 5.74) is 8.71. The fourth-order valence-corrected chi connectivity index (χ4v) is 6.07. The van der Waals surface area contributed by atoms with Crippen LogP contribution in [0.25, 0.3) is 22.0 Å². The Morgan fingerprint density at radius 3 is 2.35 bits per heavy atom. The minimum absolute atomic E-state index is 0.274. The molecule has 6 nitrogen and oxygen atoms in total. The summed E-state index contributed by atoms with van der Waals surface area (Å²) < 4.78 is 7.85. The van der Waals surface area contributed by atoms with Crippen LogP contribution in [0.4, 0.5) is 0 Å². The van der Waals surface area contributed by atoms with E-state index < -0.39 is 11.9 Å². The highest BCUT2D eigenvalue weighted by atomic mass is 79.9. The van der Waals surface area contributed by atoms with E-state index >= 15 is 0 Å². The van der Waals surface area contributed by atoms with Crippen molar-refractivity contribution in [1.82, 2.24) is 10.4 Å². The summed E-state index contributed by atoms with van der Waals surface area (Å²) in [6, 6.07) is 24.3. The second-order valence-corrected chi connectivity index (χ2v) is 11.8. The first kappa shape index (κ1) is 28.0. The lowest BCUT2D eigenvalue weighted by atomic mass is 9.99. The second-order valence-electron chi connectivity index (χ2n) is 9.15. The van der Waals surface area contributed by atoms with Gasteiger partial charge in [0.1, 0.15) is 5.69 Å². The number of halogens is 3. The zero-order valence-corrected chi connectivity index (χ0v) is 26.1. The predicted octanol–water partition coefficient (Wildman–Crippen LogP) is 8.72. The number of hydrogen-bond donors (Lipinski definition) is 2. The topological polar surface area (TPSA) is 83.6 Å². The Labute approximate surface area is 256 Å². The van der Waals surface area contributed by atoms with Crippen LogP contribution in [0.3, 0.4) is 0 Å². The molecule has 0 bridgehead atoms. The molecule has 4 aromatic carbocycles. The highest BCUT2D eigenvalue weighted by Crippen LogP contribution is 2.35. The van der Waals surface area contributed by atoms with Gasteiger partial charge in [-0.2, -0.15) is 5.10 Å². The number of hydrogen-bond acceptors (Lipinski definition) is 4. The summed E-state index contributed by atoms with van der Waals surface area (Å²) in [6.07, 6.45) is 1.44. The van der Waals surface area contributed by atoms with Crippen molar-refractivity contribution in [3.05, 3.63) is 120 Å². The van der Waals surface area contributed by atoms with Crippen molar-refractivity contribution >= 4 is 76.8 Å². The van der Waals surface area contributed by atoms with Crippen LogP contribution >= 0.6 is 47.8 Å². The second kappa shape index (κ2) is 11.9. The summed E-state index contributed by atoms with van der Waals surface area (Å²) in [7, 11) is 0. The van der Waals surface area contributed by atoms with Crippen molar-refractivity contribution in [2.45, 2.75) is 13.8 Å². The molecule has 1 amide bonds. The van der Waals surface area contributed by atoms with Gasteiger partial charge in [0.25, 0.3) is 5.91 Å². The molecule has 5 aromatic rings. The van der Waals surface area contributed by atoms with E-state index in [0.717, 1.165) is 42.1 Å². The van der Waals surface area contributed by atoms with Crippen molar-refractivity contribution in [3.8, 4) is 16.9 Å². The zero-order valence-electron chi connectivity index (χ0n) is 21.4. The number of rotatable bonds is 6. The van der Waals surface area contributed by atoms with E-state index in [1.165, 1.54) is 6.21 Å². The van der Waals surface area contributed by atoms with Crippen molar-refractivity contribution in [1.29, 1.82) is 0 Å². The summed E-state index contributed by atoms with van der Waals surface area (Å²) in [4.78, 5) is 29.6. The number of aryl methyl sites for hydroxylation is 2. The van der Waals surface area contributed by atoms with Gasteiger partial charge >= 0.3 is 5.97 Å². The van der Waals surface area contributed by atoms with E-state index in [9.17, 15) is 9.59 Å². The van der Waals surface area contributed by atoms with Gasteiger partial charge in [-0.25, -0.2) is 10.2 Å². The Morgan fingerprint density at radius 2 is 1.62 bits per heavy atom. The molecule has 0 saturated carbocycles. The number of esters is 1. The molecular weight excluding hydrogens is 702 g/mol. The maximum absolute atomic E-state index is 13.4. The van der Waals surface area contributed by atoms with E-state index in [2.05, 4.69) is 75.4 Å². The number of H-pyrrole nitrogens is 1. The lowest BCUT2D eigenvalue weighted by Gasteiger charge is -2.11. The highest BCUT2D eigenvalue weighted by Gasteiger charge is 2.21. The average Bonchev–Trinajstić information content (AvgIpc) is 3.31. The number of carbonyl (C=O) groups excluding carboxylic acids is 2. The van der Waals surface area contributed by atoms with Gasteiger partial charge in [0.05, 0.1) is 16.3 Å². The van der Waals surface area contributed by atoms with Gasteiger partial charge in [-0.3, -0.25) is 4.79 Å². The fourth-order valence-electron chi connectivity index (χ4n) is 4.47. The van der Waals surface area contributed by atoms with E-state index in [1.54, 1.807) is 36.4 Å². The molecule has 0 aliphatic heterocycles. The minimum Gasteiger partial charge on any atom is -0.421 e. The van der Waals surface area contributed by atoms with Crippen molar-refractivity contribution in [3.63, 3.8) is 0 Å². The van der Waals surface area contributed by atoms with Crippen LogP contribution < -0.4 is 10.2 Å². The van der Waals surface area contributed by atoms with Gasteiger partial charge in [-0.15, -0.1) is 0 Å². The van der Waals surface area contributed by atoms with E-state index in [0.29, 0.717) is 21.3 Å². The molecule has 0 aliphatic rings. The van der Waals surface area contributed by atoms with Gasteiger partial charge in [-0.1, -0.05) is 73.8 Å². The molecule has 2 N–H and O–H groups in total. The fraction of sp³-hybridized carbons (Fsp3) is 0.0645. The van der Waals surface area contributed by atoms with Gasteiger partial charge in [-0.05, 0) is 83.4 Å². The maximum Gasteiger partial charge on any atom is 0.343 e. The van der Waals surface area contributed by atoms with Crippen molar-refractivity contribution < 1.29 is 14.3 Å².